The molecule has 0 bridgehead atoms. The number of likely N-dealkylation sites (tertiary alicyclic amines) is 1. The maximum absolute atomic E-state index is 11.7. The lowest BCUT2D eigenvalue weighted by atomic mass is 9.93. The van der Waals surface area contributed by atoms with Crippen LogP contribution in [-0.2, 0) is 11.3 Å². The number of benzene rings is 1. The summed E-state index contributed by atoms with van der Waals surface area (Å²) in [4.78, 5) is 23.1. The summed E-state index contributed by atoms with van der Waals surface area (Å²) in [7, 11) is 0. The predicted molar refractivity (Wildman–Crippen MR) is 124 cm³/mol. The van der Waals surface area contributed by atoms with Crippen LogP contribution in [0.25, 0.3) is 11.0 Å². The third-order valence-corrected chi connectivity index (χ3v) is 7.37. The smallest absolute Gasteiger partial charge is 0.248 e. The molecule has 3 aromatic rings. The first-order valence-corrected chi connectivity index (χ1v) is 11.9. The third kappa shape index (κ3) is 4.22. The van der Waals surface area contributed by atoms with E-state index in [0.29, 0.717) is 53.9 Å². The van der Waals surface area contributed by atoms with Crippen LogP contribution in [0.4, 0.5) is 5.82 Å². The molecule has 1 fully saturated rings. The number of nitriles is 1. The van der Waals surface area contributed by atoms with E-state index < -0.39 is 6.61 Å². The molecule has 2 aliphatic heterocycles. The zero-order valence-electron chi connectivity index (χ0n) is 18.4. The second-order valence-electron chi connectivity index (χ2n) is 8.30. The number of aromatic nitrogens is 3. The second kappa shape index (κ2) is 9.40. The van der Waals surface area contributed by atoms with Crippen LogP contribution in [0.1, 0.15) is 24.8 Å². The summed E-state index contributed by atoms with van der Waals surface area (Å²) in [6.07, 6.45) is 4.37. The Bertz CT molecular complexity index is 1280. The standard InChI is InChI=1S/C23H24N6O4S/c24-11-15-9-17-18(33-13-32-17)10-19(15)34-23-27-21-16(1-5-26-22(21)25)29(23)8-4-14-2-6-28(7-3-14)20(31)12-30/h1,5,9-10,14,30H,2-4,6-8,12-13H2,(H2,25,26). The average Bonchev–Trinajstić information content (AvgIpc) is 3.46. The number of imidazole rings is 1. The molecule has 0 aliphatic carbocycles. The Balaban J connectivity index is 1.40. The van der Waals surface area contributed by atoms with Gasteiger partial charge in [0.2, 0.25) is 12.7 Å². The SMILES string of the molecule is N#Cc1cc2c(cc1Sc1nc3c(N)nccc3n1CCC1CCN(C(=O)CO)CC1)OCO2. The summed E-state index contributed by atoms with van der Waals surface area (Å²) < 4.78 is 13.0. The predicted octanol–water partition coefficient (Wildman–Crippen LogP) is 2.39. The van der Waals surface area contributed by atoms with E-state index in [1.54, 1.807) is 17.2 Å². The highest BCUT2D eigenvalue weighted by Gasteiger charge is 2.24. The van der Waals surface area contributed by atoms with Gasteiger partial charge in [0, 0.05) is 36.8 Å². The van der Waals surface area contributed by atoms with E-state index in [4.69, 9.17) is 25.3 Å². The number of piperidine rings is 1. The van der Waals surface area contributed by atoms with Crippen molar-refractivity contribution in [3.8, 4) is 17.6 Å². The minimum absolute atomic E-state index is 0.137. The van der Waals surface area contributed by atoms with E-state index in [-0.39, 0.29) is 12.7 Å². The second-order valence-corrected chi connectivity index (χ2v) is 9.31. The number of carbonyl (C=O) groups excluding carboxylic acids is 1. The van der Waals surface area contributed by atoms with Crippen molar-refractivity contribution in [3.63, 3.8) is 0 Å². The molecular formula is C23H24N6O4S. The van der Waals surface area contributed by atoms with Crippen LogP contribution < -0.4 is 15.2 Å². The Morgan fingerprint density at radius 1 is 1.29 bits per heavy atom. The number of hydrogen-bond donors (Lipinski definition) is 2. The number of hydrogen-bond acceptors (Lipinski definition) is 9. The van der Waals surface area contributed by atoms with Gasteiger partial charge in [0.05, 0.1) is 11.1 Å². The molecule has 5 rings (SSSR count). The van der Waals surface area contributed by atoms with Crippen LogP contribution in [0.3, 0.4) is 0 Å². The van der Waals surface area contributed by atoms with Gasteiger partial charge >= 0.3 is 0 Å². The van der Waals surface area contributed by atoms with Gasteiger partial charge in [-0.3, -0.25) is 4.79 Å². The maximum atomic E-state index is 11.7. The number of nitrogen functional groups attached to an aromatic ring is 1. The zero-order valence-corrected chi connectivity index (χ0v) is 19.3. The Morgan fingerprint density at radius 3 is 2.79 bits per heavy atom. The van der Waals surface area contributed by atoms with E-state index in [9.17, 15) is 10.1 Å². The first kappa shape index (κ1) is 22.3. The lowest BCUT2D eigenvalue weighted by molar-refractivity contribution is -0.135. The molecule has 3 N–H and O–H groups in total. The molecule has 1 amide bonds. The van der Waals surface area contributed by atoms with Gasteiger partial charge in [-0.2, -0.15) is 5.26 Å². The fourth-order valence-corrected chi connectivity index (χ4v) is 5.44. The summed E-state index contributed by atoms with van der Waals surface area (Å²) in [5.74, 6) is 1.78. The fourth-order valence-electron chi connectivity index (χ4n) is 4.42. The normalized spacial score (nSPS) is 15.6. The summed E-state index contributed by atoms with van der Waals surface area (Å²) >= 11 is 1.39. The van der Waals surface area contributed by atoms with Crippen LogP contribution in [0.15, 0.2) is 34.4 Å². The van der Waals surface area contributed by atoms with Crippen LogP contribution in [0.2, 0.25) is 0 Å². The summed E-state index contributed by atoms with van der Waals surface area (Å²) in [6.45, 7) is 1.74. The summed E-state index contributed by atoms with van der Waals surface area (Å²) in [5, 5.41) is 19.5. The Morgan fingerprint density at radius 2 is 2.06 bits per heavy atom. The van der Waals surface area contributed by atoms with Crippen LogP contribution in [0, 0.1) is 17.2 Å². The van der Waals surface area contributed by atoms with Crippen molar-refractivity contribution in [2.75, 3.05) is 32.2 Å². The minimum atomic E-state index is -0.438. The minimum Gasteiger partial charge on any atom is -0.454 e. The monoisotopic (exact) mass is 480 g/mol. The van der Waals surface area contributed by atoms with Crippen molar-refractivity contribution in [1.82, 2.24) is 19.4 Å². The van der Waals surface area contributed by atoms with Crippen molar-refractivity contribution in [1.29, 1.82) is 5.26 Å². The summed E-state index contributed by atoms with van der Waals surface area (Å²) in [5.41, 5.74) is 8.12. The van der Waals surface area contributed by atoms with Gasteiger partial charge in [0.15, 0.2) is 22.5 Å². The van der Waals surface area contributed by atoms with Crippen molar-refractivity contribution in [2.45, 2.75) is 35.9 Å². The average molecular weight is 481 g/mol. The van der Waals surface area contributed by atoms with Crippen LogP contribution in [-0.4, -0.2) is 56.9 Å². The van der Waals surface area contributed by atoms with Crippen molar-refractivity contribution < 1.29 is 19.4 Å². The number of aliphatic hydroxyl groups excluding tert-OH is 1. The maximum Gasteiger partial charge on any atom is 0.248 e. The van der Waals surface area contributed by atoms with Crippen molar-refractivity contribution in [2.24, 2.45) is 5.92 Å². The molecule has 34 heavy (non-hydrogen) atoms. The molecule has 0 saturated carbocycles. The Labute approximate surface area is 200 Å². The number of nitrogens with two attached hydrogens (primary N) is 1. The molecular weight excluding hydrogens is 456 g/mol. The number of nitrogens with zero attached hydrogens (tertiary/aromatic N) is 5. The Kier molecular flexibility index (Phi) is 6.17. The van der Waals surface area contributed by atoms with Gasteiger partial charge < -0.3 is 29.8 Å². The lowest BCUT2D eigenvalue weighted by Gasteiger charge is -2.31. The van der Waals surface area contributed by atoms with Gasteiger partial charge in [-0.25, -0.2) is 9.97 Å². The molecule has 11 heteroatoms. The molecule has 10 nitrogen and oxygen atoms in total. The fraction of sp³-hybridized carbons (Fsp3) is 0.391. The number of amides is 1. The molecule has 176 valence electrons. The Hall–Kier alpha value is -3.49. The van der Waals surface area contributed by atoms with Crippen LogP contribution in [0.5, 0.6) is 11.5 Å². The highest BCUT2D eigenvalue weighted by atomic mass is 32.2. The van der Waals surface area contributed by atoms with E-state index in [1.165, 1.54) is 11.8 Å². The number of aryl methyl sites for hydroxylation is 1. The van der Waals surface area contributed by atoms with E-state index in [1.807, 2.05) is 12.1 Å². The van der Waals surface area contributed by atoms with Gasteiger partial charge in [0.25, 0.3) is 0 Å². The topological polar surface area (TPSA) is 140 Å². The van der Waals surface area contributed by atoms with Crippen molar-refractivity contribution >= 4 is 34.5 Å². The van der Waals surface area contributed by atoms with E-state index >= 15 is 0 Å². The quantitative estimate of drug-likeness (QED) is 0.544. The molecule has 2 aliphatic rings. The first-order valence-electron chi connectivity index (χ1n) is 11.1. The number of ether oxygens (including phenoxy) is 2. The molecule has 2 aromatic heterocycles. The molecule has 1 aromatic carbocycles. The van der Waals surface area contributed by atoms with Crippen LogP contribution >= 0.6 is 11.8 Å². The molecule has 1 saturated heterocycles. The number of aliphatic hydroxyl groups is 1. The van der Waals surface area contributed by atoms with Gasteiger partial charge in [0.1, 0.15) is 18.2 Å². The molecule has 0 atom stereocenters. The highest BCUT2D eigenvalue weighted by Crippen LogP contribution is 2.41. The zero-order chi connectivity index (χ0) is 23.7. The van der Waals surface area contributed by atoms with E-state index in [2.05, 4.69) is 15.6 Å². The first-order chi connectivity index (χ1) is 16.6. The summed E-state index contributed by atoms with van der Waals surface area (Å²) in [6, 6.07) is 7.63. The number of anilines is 1. The molecule has 4 heterocycles. The third-order valence-electron chi connectivity index (χ3n) is 6.32. The van der Waals surface area contributed by atoms with E-state index in [0.717, 1.165) is 34.8 Å². The molecule has 0 radical (unpaired) electrons. The number of fused-ring (bicyclic) bond motifs is 2. The number of pyridine rings is 1. The number of carbonyl (C=O) groups is 1. The van der Waals surface area contributed by atoms with Crippen molar-refractivity contribution in [3.05, 3.63) is 30.0 Å². The lowest BCUT2D eigenvalue weighted by Crippen LogP contribution is -2.40. The number of rotatable bonds is 6. The van der Waals surface area contributed by atoms with Gasteiger partial charge in [-0.15, -0.1) is 0 Å². The molecule has 0 spiro atoms. The largest absolute Gasteiger partial charge is 0.454 e. The highest BCUT2D eigenvalue weighted by molar-refractivity contribution is 7.99. The molecule has 0 unspecified atom stereocenters. The van der Waals surface area contributed by atoms with Gasteiger partial charge in [-0.05, 0) is 37.3 Å². The van der Waals surface area contributed by atoms with Gasteiger partial charge in [-0.1, -0.05) is 11.8 Å².